The summed E-state index contributed by atoms with van der Waals surface area (Å²) in [6.07, 6.45) is 0. The number of nitrogens with zero attached hydrogens (tertiary/aromatic N) is 2. The molecule has 2 aromatic heterocycles. The zero-order valence-corrected chi connectivity index (χ0v) is 21.0. The molecule has 0 amide bonds. The fraction of sp³-hybridized carbons (Fsp3) is 0.259. The summed E-state index contributed by atoms with van der Waals surface area (Å²) in [7, 11) is 1.62. The molecule has 35 heavy (non-hydrogen) atoms. The Labute approximate surface area is 207 Å². The molecule has 0 aliphatic heterocycles. The number of Topliss-reactive ketones (excluding diaryl/α,β-unsaturated/α-hetero) is 1. The first-order valence-corrected chi connectivity index (χ1v) is 12.0. The van der Waals surface area contributed by atoms with Gasteiger partial charge < -0.3 is 14.0 Å². The number of methoxy groups -OCH3 is 1. The molecule has 0 aliphatic carbocycles. The first-order valence-electron chi connectivity index (χ1n) is 11.1. The second-order valence-electron chi connectivity index (χ2n) is 8.28. The molecular formula is C27H26F2N2O3S. The Morgan fingerprint density at radius 1 is 1.00 bits per heavy atom. The Hall–Kier alpha value is -3.39. The number of aromatic nitrogens is 2. The van der Waals surface area contributed by atoms with E-state index in [0.29, 0.717) is 5.56 Å². The van der Waals surface area contributed by atoms with E-state index in [2.05, 4.69) is 4.74 Å². The number of rotatable bonds is 8. The van der Waals surface area contributed by atoms with Gasteiger partial charge in [0.05, 0.1) is 22.9 Å². The Morgan fingerprint density at radius 3 is 2.34 bits per heavy atom. The maximum atomic E-state index is 13.4. The van der Waals surface area contributed by atoms with Gasteiger partial charge in [-0.25, -0.2) is 4.98 Å². The van der Waals surface area contributed by atoms with Crippen molar-refractivity contribution in [2.45, 2.75) is 44.6 Å². The minimum absolute atomic E-state index is 0.00260. The number of hydrogen-bond acceptors (Lipinski definition) is 5. The predicted molar refractivity (Wildman–Crippen MR) is 135 cm³/mol. The number of ketones is 1. The number of carbonyl (C=O) groups is 1. The fourth-order valence-electron chi connectivity index (χ4n) is 4.18. The zero-order chi connectivity index (χ0) is 25.3. The van der Waals surface area contributed by atoms with Crippen molar-refractivity contribution in [1.82, 2.24) is 9.55 Å². The second-order valence-corrected chi connectivity index (χ2v) is 9.64. The van der Waals surface area contributed by atoms with Crippen molar-refractivity contribution in [2.24, 2.45) is 0 Å². The number of pyridine rings is 1. The van der Waals surface area contributed by atoms with Crippen LogP contribution in [-0.2, 0) is 0 Å². The first-order chi connectivity index (χ1) is 16.7. The third-order valence-electron chi connectivity index (χ3n) is 5.88. The average molecular weight is 497 g/mol. The zero-order valence-electron chi connectivity index (χ0n) is 20.1. The maximum absolute atomic E-state index is 13.4. The van der Waals surface area contributed by atoms with Crippen molar-refractivity contribution in [2.75, 3.05) is 7.11 Å². The highest BCUT2D eigenvalue weighted by atomic mass is 32.2. The van der Waals surface area contributed by atoms with E-state index in [1.807, 2.05) is 62.6 Å². The van der Waals surface area contributed by atoms with Gasteiger partial charge in [-0.3, -0.25) is 4.79 Å². The minimum Gasteiger partial charge on any atom is -0.497 e. The summed E-state index contributed by atoms with van der Waals surface area (Å²) in [6, 6.07) is 16.0. The lowest BCUT2D eigenvalue weighted by Gasteiger charge is -2.13. The molecule has 2 aromatic carbocycles. The van der Waals surface area contributed by atoms with Crippen LogP contribution in [0.3, 0.4) is 0 Å². The SMILES string of the molecule is COc1ccc2c(C)cc(S[C@@H](C)C(=O)c3cc(C)n(-c4ccc(OC(F)F)cc4)c3C)nc2c1. The predicted octanol–water partition coefficient (Wildman–Crippen LogP) is 6.92. The molecule has 0 fully saturated rings. The van der Waals surface area contributed by atoms with Crippen LogP contribution in [0.15, 0.2) is 59.6 Å². The van der Waals surface area contributed by atoms with Crippen LogP contribution in [0.5, 0.6) is 11.5 Å². The quantitative estimate of drug-likeness (QED) is 0.196. The largest absolute Gasteiger partial charge is 0.497 e. The van der Waals surface area contributed by atoms with Crippen molar-refractivity contribution in [1.29, 1.82) is 0 Å². The van der Waals surface area contributed by atoms with Gasteiger partial charge >= 0.3 is 6.61 Å². The van der Waals surface area contributed by atoms with Crippen LogP contribution < -0.4 is 9.47 Å². The van der Waals surface area contributed by atoms with Crippen LogP contribution in [0.1, 0.15) is 34.2 Å². The van der Waals surface area contributed by atoms with Crippen LogP contribution in [0, 0.1) is 20.8 Å². The normalized spacial score (nSPS) is 12.2. The van der Waals surface area contributed by atoms with Gasteiger partial charge in [-0.05, 0) is 81.8 Å². The van der Waals surface area contributed by atoms with Crippen molar-refractivity contribution in [3.05, 3.63) is 77.1 Å². The number of thioether (sulfide) groups is 1. The Balaban J connectivity index is 1.58. The molecule has 0 spiro atoms. The molecule has 0 unspecified atom stereocenters. The van der Waals surface area contributed by atoms with E-state index < -0.39 is 6.61 Å². The molecule has 4 aromatic rings. The molecule has 0 radical (unpaired) electrons. The summed E-state index contributed by atoms with van der Waals surface area (Å²) in [4.78, 5) is 18.1. The van der Waals surface area contributed by atoms with E-state index in [0.717, 1.165) is 44.3 Å². The Kier molecular flexibility index (Phi) is 7.12. The molecule has 5 nitrogen and oxygen atoms in total. The molecule has 0 aliphatic rings. The summed E-state index contributed by atoms with van der Waals surface area (Å²) in [6.45, 7) is 4.82. The van der Waals surface area contributed by atoms with Crippen molar-refractivity contribution >= 4 is 28.4 Å². The first kappa shape index (κ1) is 24.7. The van der Waals surface area contributed by atoms with Crippen LogP contribution in [0.2, 0.25) is 0 Å². The fourth-order valence-corrected chi connectivity index (χ4v) is 5.17. The highest BCUT2D eigenvalue weighted by Gasteiger charge is 2.23. The van der Waals surface area contributed by atoms with Crippen molar-refractivity contribution in [3.8, 4) is 17.2 Å². The number of hydrogen-bond donors (Lipinski definition) is 0. The van der Waals surface area contributed by atoms with Crippen LogP contribution >= 0.6 is 11.8 Å². The average Bonchev–Trinajstić information content (AvgIpc) is 3.12. The molecule has 8 heteroatoms. The van der Waals surface area contributed by atoms with Gasteiger partial charge in [0.15, 0.2) is 5.78 Å². The lowest BCUT2D eigenvalue weighted by molar-refractivity contribution is -0.0498. The monoisotopic (exact) mass is 496 g/mol. The lowest BCUT2D eigenvalue weighted by atomic mass is 10.1. The second kappa shape index (κ2) is 10.1. The summed E-state index contributed by atoms with van der Waals surface area (Å²) < 4.78 is 36.6. The van der Waals surface area contributed by atoms with Gasteiger partial charge in [0.1, 0.15) is 11.5 Å². The maximum Gasteiger partial charge on any atom is 0.387 e. The number of fused-ring (bicyclic) bond motifs is 1. The van der Waals surface area contributed by atoms with Crippen LogP contribution in [-0.4, -0.2) is 34.3 Å². The standard InChI is InChI=1S/C27H26F2N2O3S/c1-15-12-25(30-24-14-21(33-5)10-11-22(15)24)35-18(4)26(32)23-13-16(2)31(17(23)3)19-6-8-20(9-7-19)34-27(28)29/h6-14,18,27H,1-5H3/t18-/m0/s1. The highest BCUT2D eigenvalue weighted by molar-refractivity contribution is 8.00. The number of aryl methyl sites for hydroxylation is 2. The van der Waals surface area contributed by atoms with Gasteiger partial charge in [0, 0.05) is 34.1 Å². The van der Waals surface area contributed by atoms with Crippen molar-refractivity contribution in [3.63, 3.8) is 0 Å². The third kappa shape index (κ3) is 5.17. The van der Waals surface area contributed by atoms with E-state index in [4.69, 9.17) is 9.72 Å². The van der Waals surface area contributed by atoms with E-state index >= 15 is 0 Å². The number of halogens is 2. The van der Waals surface area contributed by atoms with Gasteiger partial charge in [0.25, 0.3) is 0 Å². The molecular weight excluding hydrogens is 470 g/mol. The van der Waals surface area contributed by atoms with Gasteiger partial charge in [0.2, 0.25) is 0 Å². The van der Waals surface area contributed by atoms with E-state index in [1.54, 1.807) is 19.2 Å². The van der Waals surface area contributed by atoms with Crippen molar-refractivity contribution < 1.29 is 23.0 Å². The lowest BCUT2D eigenvalue weighted by Crippen LogP contribution is -2.15. The summed E-state index contributed by atoms with van der Waals surface area (Å²) in [5.41, 5.74) is 4.95. The molecule has 2 heterocycles. The minimum atomic E-state index is -2.87. The molecule has 0 N–H and O–H groups in total. The number of benzene rings is 2. The topological polar surface area (TPSA) is 53.4 Å². The third-order valence-corrected chi connectivity index (χ3v) is 6.90. The van der Waals surface area contributed by atoms with Gasteiger partial charge in [-0.15, -0.1) is 0 Å². The van der Waals surface area contributed by atoms with E-state index in [-0.39, 0.29) is 16.8 Å². The van der Waals surface area contributed by atoms with Gasteiger partial charge in [-0.2, -0.15) is 8.78 Å². The molecule has 0 saturated heterocycles. The summed E-state index contributed by atoms with van der Waals surface area (Å²) in [5.74, 6) is 0.817. The van der Waals surface area contributed by atoms with Gasteiger partial charge in [-0.1, -0.05) is 11.8 Å². The molecule has 0 bridgehead atoms. The number of ether oxygens (including phenoxy) is 2. The van der Waals surface area contributed by atoms with E-state index in [9.17, 15) is 13.6 Å². The van der Waals surface area contributed by atoms with Crippen LogP contribution in [0.25, 0.3) is 16.6 Å². The van der Waals surface area contributed by atoms with E-state index in [1.165, 1.54) is 23.9 Å². The Morgan fingerprint density at radius 2 is 1.69 bits per heavy atom. The summed E-state index contributed by atoms with van der Waals surface area (Å²) in [5, 5.41) is 1.45. The van der Waals surface area contributed by atoms with Crippen LogP contribution in [0.4, 0.5) is 8.78 Å². The smallest absolute Gasteiger partial charge is 0.387 e. The Bertz CT molecular complexity index is 1380. The number of carbonyl (C=O) groups excluding carboxylic acids is 1. The molecule has 1 atom stereocenters. The summed E-state index contributed by atoms with van der Waals surface area (Å²) >= 11 is 1.42. The highest BCUT2D eigenvalue weighted by Crippen LogP contribution is 2.31. The molecule has 182 valence electrons. The molecule has 0 saturated carbocycles. The molecule has 4 rings (SSSR count). The number of alkyl halides is 2.